The lowest BCUT2D eigenvalue weighted by Gasteiger charge is -2.16. The molecule has 0 aliphatic rings. The third-order valence-corrected chi connectivity index (χ3v) is 4.42. The SMILES string of the molecule is CCSc1ccccc1NC(=O)[C@@H](C)Oc1ccc(Br)cc1. The molecule has 1 amide bonds. The first-order valence-electron chi connectivity index (χ1n) is 7.05. The van der Waals surface area contributed by atoms with Gasteiger partial charge in [-0.05, 0) is 49.1 Å². The summed E-state index contributed by atoms with van der Waals surface area (Å²) in [7, 11) is 0. The average Bonchev–Trinajstić information content (AvgIpc) is 2.51. The maximum absolute atomic E-state index is 12.3. The second-order valence-electron chi connectivity index (χ2n) is 4.63. The fraction of sp³-hybridized carbons (Fsp3) is 0.235. The largest absolute Gasteiger partial charge is 0.481 e. The van der Waals surface area contributed by atoms with E-state index in [2.05, 4.69) is 28.2 Å². The van der Waals surface area contributed by atoms with Crippen molar-refractivity contribution in [2.45, 2.75) is 24.8 Å². The van der Waals surface area contributed by atoms with Crippen LogP contribution in [0.2, 0.25) is 0 Å². The molecule has 0 heterocycles. The van der Waals surface area contributed by atoms with Crippen molar-refractivity contribution in [1.29, 1.82) is 0 Å². The number of benzene rings is 2. The molecule has 0 spiro atoms. The van der Waals surface area contributed by atoms with E-state index in [1.54, 1.807) is 18.7 Å². The van der Waals surface area contributed by atoms with E-state index in [9.17, 15) is 4.79 Å². The fourth-order valence-corrected chi connectivity index (χ4v) is 2.88. The van der Waals surface area contributed by atoms with Crippen LogP contribution in [0.15, 0.2) is 57.9 Å². The first-order chi connectivity index (χ1) is 10.6. The number of halogens is 1. The number of carbonyl (C=O) groups excluding carboxylic acids is 1. The molecule has 5 heteroatoms. The van der Waals surface area contributed by atoms with E-state index in [1.165, 1.54) is 0 Å². The molecule has 0 aliphatic heterocycles. The van der Waals surface area contributed by atoms with Crippen LogP contribution in [-0.4, -0.2) is 17.8 Å². The van der Waals surface area contributed by atoms with Crippen molar-refractivity contribution < 1.29 is 9.53 Å². The van der Waals surface area contributed by atoms with Gasteiger partial charge in [-0.2, -0.15) is 0 Å². The quantitative estimate of drug-likeness (QED) is 0.720. The van der Waals surface area contributed by atoms with Crippen molar-refractivity contribution in [3.8, 4) is 5.75 Å². The number of hydrogen-bond donors (Lipinski definition) is 1. The monoisotopic (exact) mass is 379 g/mol. The van der Waals surface area contributed by atoms with Gasteiger partial charge < -0.3 is 10.1 Å². The van der Waals surface area contributed by atoms with Crippen molar-refractivity contribution in [2.75, 3.05) is 11.1 Å². The van der Waals surface area contributed by atoms with E-state index in [1.807, 2.05) is 48.5 Å². The van der Waals surface area contributed by atoms with Gasteiger partial charge in [0.25, 0.3) is 5.91 Å². The van der Waals surface area contributed by atoms with Gasteiger partial charge in [0, 0.05) is 9.37 Å². The minimum absolute atomic E-state index is 0.160. The summed E-state index contributed by atoms with van der Waals surface area (Å²) < 4.78 is 6.64. The van der Waals surface area contributed by atoms with Gasteiger partial charge in [0.1, 0.15) is 5.75 Å². The highest BCUT2D eigenvalue weighted by Crippen LogP contribution is 2.27. The van der Waals surface area contributed by atoms with Gasteiger partial charge in [-0.15, -0.1) is 11.8 Å². The number of carbonyl (C=O) groups is 1. The fourth-order valence-electron chi connectivity index (χ4n) is 1.86. The molecule has 1 atom stereocenters. The first kappa shape index (κ1) is 16.9. The standard InChI is InChI=1S/C17H18BrNO2S/c1-3-22-16-7-5-4-6-15(16)19-17(20)12(2)21-14-10-8-13(18)9-11-14/h4-12H,3H2,1-2H3,(H,19,20)/t12-/m1/s1. The molecule has 3 nitrogen and oxygen atoms in total. The van der Waals surface area contributed by atoms with Crippen molar-refractivity contribution in [2.24, 2.45) is 0 Å². The maximum atomic E-state index is 12.3. The second kappa shape index (κ2) is 8.25. The van der Waals surface area contributed by atoms with Crippen LogP contribution in [0.3, 0.4) is 0 Å². The maximum Gasteiger partial charge on any atom is 0.265 e. The lowest BCUT2D eigenvalue weighted by Crippen LogP contribution is -2.30. The Morgan fingerprint density at radius 3 is 2.59 bits per heavy atom. The summed E-state index contributed by atoms with van der Waals surface area (Å²) in [4.78, 5) is 13.3. The van der Waals surface area contributed by atoms with Gasteiger partial charge in [0.15, 0.2) is 6.10 Å². The summed E-state index contributed by atoms with van der Waals surface area (Å²) in [5, 5.41) is 2.93. The Hall–Kier alpha value is -1.46. The Morgan fingerprint density at radius 2 is 1.91 bits per heavy atom. The topological polar surface area (TPSA) is 38.3 Å². The van der Waals surface area contributed by atoms with Gasteiger partial charge in [0.05, 0.1) is 5.69 Å². The minimum Gasteiger partial charge on any atom is -0.481 e. The highest BCUT2D eigenvalue weighted by atomic mass is 79.9. The molecule has 0 radical (unpaired) electrons. The third kappa shape index (κ3) is 4.78. The van der Waals surface area contributed by atoms with Crippen LogP contribution in [0.1, 0.15) is 13.8 Å². The minimum atomic E-state index is -0.569. The molecule has 0 saturated heterocycles. The smallest absolute Gasteiger partial charge is 0.265 e. The van der Waals surface area contributed by atoms with E-state index < -0.39 is 6.10 Å². The van der Waals surface area contributed by atoms with Crippen LogP contribution in [0.5, 0.6) is 5.75 Å². The van der Waals surface area contributed by atoms with Gasteiger partial charge in [-0.1, -0.05) is 35.0 Å². The van der Waals surface area contributed by atoms with Crippen LogP contribution in [0.25, 0.3) is 0 Å². The third-order valence-electron chi connectivity index (χ3n) is 2.94. The molecular weight excluding hydrogens is 362 g/mol. The molecule has 2 rings (SSSR count). The predicted octanol–water partition coefficient (Wildman–Crippen LogP) is 4.97. The highest BCUT2D eigenvalue weighted by Gasteiger charge is 2.16. The molecule has 22 heavy (non-hydrogen) atoms. The van der Waals surface area contributed by atoms with E-state index in [-0.39, 0.29) is 5.91 Å². The van der Waals surface area contributed by atoms with Crippen molar-refractivity contribution in [1.82, 2.24) is 0 Å². The van der Waals surface area contributed by atoms with E-state index in [0.717, 1.165) is 20.8 Å². The molecule has 116 valence electrons. The molecule has 1 N–H and O–H groups in total. The summed E-state index contributed by atoms with van der Waals surface area (Å²) in [6.45, 7) is 3.83. The molecule has 2 aromatic rings. The Kier molecular flexibility index (Phi) is 6.34. The summed E-state index contributed by atoms with van der Waals surface area (Å²) in [6.07, 6.45) is -0.569. The number of nitrogens with one attached hydrogen (secondary N) is 1. The zero-order valence-corrected chi connectivity index (χ0v) is 14.9. The Labute approximate surface area is 143 Å². The number of anilines is 1. The number of para-hydroxylation sites is 1. The van der Waals surface area contributed by atoms with E-state index in [4.69, 9.17) is 4.74 Å². The van der Waals surface area contributed by atoms with Crippen LogP contribution in [-0.2, 0) is 4.79 Å². The molecule has 0 aromatic heterocycles. The lowest BCUT2D eigenvalue weighted by molar-refractivity contribution is -0.122. The molecule has 0 fully saturated rings. The van der Waals surface area contributed by atoms with Crippen LogP contribution < -0.4 is 10.1 Å². The summed E-state index contributed by atoms with van der Waals surface area (Å²) >= 11 is 5.07. The second-order valence-corrected chi connectivity index (χ2v) is 6.85. The van der Waals surface area contributed by atoms with Crippen molar-refractivity contribution in [3.63, 3.8) is 0 Å². The molecule has 2 aromatic carbocycles. The number of rotatable bonds is 6. The zero-order chi connectivity index (χ0) is 15.9. The summed E-state index contributed by atoms with van der Waals surface area (Å²) in [5.41, 5.74) is 0.825. The van der Waals surface area contributed by atoms with Crippen LogP contribution in [0.4, 0.5) is 5.69 Å². The number of amides is 1. The van der Waals surface area contributed by atoms with Crippen molar-refractivity contribution in [3.05, 3.63) is 53.0 Å². The van der Waals surface area contributed by atoms with Gasteiger partial charge in [0.2, 0.25) is 0 Å². The van der Waals surface area contributed by atoms with Crippen LogP contribution in [0, 0.1) is 0 Å². The average molecular weight is 380 g/mol. The molecular formula is C17H18BrNO2S. The first-order valence-corrected chi connectivity index (χ1v) is 8.83. The number of hydrogen-bond acceptors (Lipinski definition) is 3. The summed E-state index contributed by atoms with van der Waals surface area (Å²) in [6, 6.07) is 15.2. The van der Waals surface area contributed by atoms with Gasteiger partial charge in [-0.25, -0.2) is 0 Å². The Morgan fingerprint density at radius 1 is 1.23 bits per heavy atom. The van der Waals surface area contributed by atoms with E-state index >= 15 is 0 Å². The molecule has 0 unspecified atom stereocenters. The zero-order valence-electron chi connectivity index (χ0n) is 12.5. The van der Waals surface area contributed by atoms with Crippen molar-refractivity contribution >= 4 is 39.3 Å². The number of thioether (sulfide) groups is 1. The normalized spacial score (nSPS) is 11.8. The highest BCUT2D eigenvalue weighted by molar-refractivity contribution is 9.10. The lowest BCUT2D eigenvalue weighted by atomic mass is 10.3. The van der Waals surface area contributed by atoms with Crippen LogP contribution >= 0.6 is 27.7 Å². The molecule has 0 bridgehead atoms. The number of ether oxygens (including phenoxy) is 1. The Balaban J connectivity index is 2.01. The molecule has 0 aliphatic carbocycles. The van der Waals surface area contributed by atoms with E-state index in [0.29, 0.717) is 5.75 Å². The molecule has 0 saturated carbocycles. The van der Waals surface area contributed by atoms with Gasteiger partial charge in [-0.3, -0.25) is 4.79 Å². The summed E-state index contributed by atoms with van der Waals surface area (Å²) in [5.74, 6) is 1.46. The predicted molar refractivity (Wildman–Crippen MR) is 95.7 cm³/mol. The Bertz CT molecular complexity index is 631. The van der Waals surface area contributed by atoms with Gasteiger partial charge >= 0.3 is 0 Å².